The second-order valence-electron chi connectivity index (χ2n) is 10.4. The van der Waals surface area contributed by atoms with Gasteiger partial charge in [-0.25, -0.2) is 9.07 Å². The maximum absolute atomic E-state index is 14.0. The van der Waals surface area contributed by atoms with Crippen molar-refractivity contribution < 1.29 is 14.0 Å². The van der Waals surface area contributed by atoms with Gasteiger partial charge in [0.25, 0.3) is 0 Å². The van der Waals surface area contributed by atoms with Gasteiger partial charge in [0.15, 0.2) is 0 Å². The maximum atomic E-state index is 14.0. The summed E-state index contributed by atoms with van der Waals surface area (Å²) < 4.78 is 15.8. The van der Waals surface area contributed by atoms with Gasteiger partial charge in [-0.1, -0.05) is 60.7 Å². The number of rotatable bonds is 7. The Kier molecular flexibility index (Phi) is 8.07. The van der Waals surface area contributed by atoms with Gasteiger partial charge in [0, 0.05) is 17.3 Å². The highest BCUT2D eigenvalue weighted by Crippen LogP contribution is 2.48. The molecule has 9 heteroatoms. The minimum absolute atomic E-state index is 0.130. The molecule has 0 aliphatic carbocycles. The van der Waals surface area contributed by atoms with Crippen LogP contribution >= 0.6 is 11.8 Å². The molecule has 1 aliphatic rings. The standard InChI is InChI=1S/C34H30FN5O2S/c1-22-9-8-13-28(23(22)2)40-34-31(32(38-40)24-10-4-3-5-11-24)33(25-14-16-26(35)17-15-25)43-21-30(42)39(34)20-29(41)37-19-27-12-6-7-18-36-27/h3-18,33H,19-21H2,1-2H3,(H,37,41)/t33-/m1/s1. The van der Waals surface area contributed by atoms with Crippen molar-refractivity contribution in [3.8, 4) is 16.9 Å². The number of benzene rings is 3. The molecule has 0 bridgehead atoms. The molecule has 0 radical (unpaired) electrons. The van der Waals surface area contributed by atoms with Crippen molar-refractivity contribution in [1.29, 1.82) is 0 Å². The first-order valence-corrected chi connectivity index (χ1v) is 15.0. The lowest BCUT2D eigenvalue weighted by Crippen LogP contribution is -2.42. The Morgan fingerprint density at radius 2 is 1.74 bits per heavy atom. The lowest BCUT2D eigenvalue weighted by molar-refractivity contribution is -0.123. The second-order valence-corrected chi connectivity index (χ2v) is 11.5. The Labute approximate surface area is 253 Å². The van der Waals surface area contributed by atoms with Crippen LogP contribution in [0.1, 0.15) is 33.2 Å². The molecule has 5 aromatic rings. The van der Waals surface area contributed by atoms with E-state index in [1.54, 1.807) is 27.9 Å². The van der Waals surface area contributed by atoms with Crippen molar-refractivity contribution in [3.63, 3.8) is 0 Å². The molecule has 43 heavy (non-hydrogen) atoms. The molecule has 0 saturated carbocycles. The molecule has 0 spiro atoms. The van der Waals surface area contributed by atoms with Crippen LogP contribution in [-0.4, -0.2) is 38.9 Å². The summed E-state index contributed by atoms with van der Waals surface area (Å²) in [6.45, 7) is 4.10. The molecule has 0 saturated heterocycles. The number of aromatic nitrogens is 3. The summed E-state index contributed by atoms with van der Waals surface area (Å²) in [6, 6.07) is 27.7. The fourth-order valence-corrected chi connectivity index (χ4v) is 6.45. The van der Waals surface area contributed by atoms with E-state index >= 15 is 0 Å². The molecule has 7 nitrogen and oxygen atoms in total. The van der Waals surface area contributed by atoms with Crippen LogP contribution in [0, 0.1) is 19.7 Å². The Morgan fingerprint density at radius 3 is 2.49 bits per heavy atom. The van der Waals surface area contributed by atoms with Crippen LogP contribution in [0.2, 0.25) is 0 Å². The van der Waals surface area contributed by atoms with E-state index in [4.69, 9.17) is 5.10 Å². The molecule has 6 rings (SSSR count). The van der Waals surface area contributed by atoms with Gasteiger partial charge in [0.05, 0.1) is 34.6 Å². The third kappa shape index (κ3) is 5.81. The van der Waals surface area contributed by atoms with Crippen LogP contribution in [0.25, 0.3) is 16.9 Å². The number of thioether (sulfide) groups is 1. The van der Waals surface area contributed by atoms with Gasteiger partial charge in [0.2, 0.25) is 11.8 Å². The number of aryl methyl sites for hydroxylation is 1. The first-order valence-electron chi connectivity index (χ1n) is 14.0. The van der Waals surface area contributed by atoms with Crippen molar-refractivity contribution in [2.75, 3.05) is 17.2 Å². The molecule has 0 fully saturated rings. The van der Waals surface area contributed by atoms with E-state index in [0.717, 1.165) is 39.2 Å². The van der Waals surface area contributed by atoms with Gasteiger partial charge >= 0.3 is 0 Å². The first kappa shape index (κ1) is 28.4. The number of nitrogens with one attached hydrogen (secondary N) is 1. The molecule has 2 aromatic heterocycles. The molecule has 216 valence electrons. The maximum Gasteiger partial charge on any atom is 0.240 e. The summed E-state index contributed by atoms with van der Waals surface area (Å²) in [5, 5.41) is 7.72. The third-order valence-electron chi connectivity index (χ3n) is 7.61. The topological polar surface area (TPSA) is 80.1 Å². The zero-order valence-electron chi connectivity index (χ0n) is 23.8. The van der Waals surface area contributed by atoms with E-state index < -0.39 is 0 Å². The summed E-state index contributed by atoms with van der Waals surface area (Å²) in [6.07, 6.45) is 1.67. The monoisotopic (exact) mass is 591 g/mol. The van der Waals surface area contributed by atoms with E-state index in [-0.39, 0.29) is 41.7 Å². The van der Waals surface area contributed by atoms with E-state index in [1.165, 1.54) is 23.9 Å². The first-order chi connectivity index (χ1) is 20.9. The number of carbonyl (C=O) groups is 2. The largest absolute Gasteiger partial charge is 0.349 e. The van der Waals surface area contributed by atoms with Crippen molar-refractivity contribution >= 4 is 29.4 Å². The zero-order chi connectivity index (χ0) is 29.9. The fraction of sp³-hybridized carbons (Fsp3) is 0.176. The number of hydrogen-bond donors (Lipinski definition) is 1. The van der Waals surface area contributed by atoms with E-state index in [0.29, 0.717) is 11.5 Å². The average Bonchev–Trinajstić information content (AvgIpc) is 3.35. The number of halogens is 1. The molecular weight excluding hydrogens is 561 g/mol. The van der Waals surface area contributed by atoms with Crippen molar-refractivity contribution in [1.82, 2.24) is 20.1 Å². The minimum Gasteiger partial charge on any atom is -0.349 e. The summed E-state index contributed by atoms with van der Waals surface area (Å²) in [7, 11) is 0. The number of amides is 2. The summed E-state index contributed by atoms with van der Waals surface area (Å²) in [4.78, 5) is 33.1. The molecular formula is C34H30FN5O2S. The second kappa shape index (κ2) is 12.2. The van der Waals surface area contributed by atoms with Crippen LogP contribution in [0.15, 0.2) is 97.2 Å². The van der Waals surface area contributed by atoms with E-state index in [1.807, 2.05) is 80.6 Å². The Bertz CT molecular complexity index is 1770. The zero-order valence-corrected chi connectivity index (χ0v) is 24.6. The average molecular weight is 592 g/mol. The fourth-order valence-electron chi connectivity index (χ4n) is 5.25. The van der Waals surface area contributed by atoms with Crippen LogP contribution in [0.5, 0.6) is 0 Å². The van der Waals surface area contributed by atoms with Gasteiger partial charge in [0.1, 0.15) is 18.2 Å². The van der Waals surface area contributed by atoms with Crippen molar-refractivity contribution in [2.24, 2.45) is 0 Å². The summed E-state index contributed by atoms with van der Waals surface area (Å²) in [5.41, 5.74) is 6.84. The number of pyridine rings is 1. The quantitative estimate of drug-likeness (QED) is 0.245. The predicted octanol–water partition coefficient (Wildman–Crippen LogP) is 6.18. The number of nitrogens with zero attached hydrogens (tertiary/aromatic N) is 4. The molecule has 0 unspecified atom stereocenters. The third-order valence-corrected chi connectivity index (χ3v) is 8.86. The van der Waals surface area contributed by atoms with Gasteiger partial charge in [-0.05, 0) is 60.9 Å². The highest BCUT2D eigenvalue weighted by Gasteiger charge is 2.38. The normalized spacial score (nSPS) is 14.7. The van der Waals surface area contributed by atoms with Crippen LogP contribution in [0.3, 0.4) is 0 Å². The Balaban J connectivity index is 1.54. The summed E-state index contributed by atoms with van der Waals surface area (Å²) >= 11 is 1.45. The van der Waals surface area contributed by atoms with Gasteiger partial charge in [-0.15, -0.1) is 11.8 Å². The van der Waals surface area contributed by atoms with Crippen LogP contribution < -0.4 is 10.2 Å². The van der Waals surface area contributed by atoms with Gasteiger partial charge in [-0.2, -0.15) is 5.10 Å². The Hall–Kier alpha value is -4.76. The van der Waals surface area contributed by atoms with Crippen molar-refractivity contribution in [3.05, 3.63) is 131 Å². The highest BCUT2D eigenvalue weighted by atomic mass is 32.2. The van der Waals surface area contributed by atoms with Gasteiger partial charge in [-0.3, -0.25) is 19.5 Å². The predicted molar refractivity (Wildman–Crippen MR) is 168 cm³/mol. The number of hydrogen-bond acceptors (Lipinski definition) is 5. The molecule has 1 atom stereocenters. The molecule has 2 amide bonds. The molecule has 3 aromatic carbocycles. The summed E-state index contributed by atoms with van der Waals surface area (Å²) in [5.74, 6) is -0.199. The van der Waals surface area contributed by atoms with Crippen LogP contribution in [0.4, 0.5) is 10.2 Å². The van der Waals surface area contributed by atoms with Crippen LogP contribution in [-0.2, 0) is 16.1 Å². The SMILES string of the molecule is Cc1cccc(-n2nc(-c3ccccc3)c3c2N(CC(=O)NCc2ccccn2)C(=O)CS[C@@H]3c2ccc(F)cc2)c1C. The smallest absolute Gasteiger partial charge is 0.240 e. The van der Waals surface area contributed by atoms with E-state index in [2.05, 4.69) is 10.3 Å². The molecule has 1 aliphatic heterocycles. The molecule has 3 heterocycles. The molecule has 1 N–H and O–H groups in total. The lowest BCUT2D eigenvalue weighted by atomic mass is 9.99. The number of anilines is 1. The number of carbonyl (C=O) groups excluding carboxylic acids is 2. The lowest BCUT2D eigenvalue weighted by Gasteiger charge is -2.24. The van der Waals surface area contributed by atoms with E-state index in [9.17, 15) is 14.0 Å². The Morgan fingerprint density at radius 1 is 0.977 bits per heavy atom. The highest BCUT2D eigenvalue weighted by molar-refractivity contribution is 8.00. The number of fused-ring (bicyclic) bond motifs is 1. The van der Waals surface area contributed by atoms with Gasteiger partial charge < -0.3 is 5.32 Å². The van der Waals surface area contributed by atoms with Crippen molar-refractivity contribution in [2.45, 2.75) is 25.6 Å². The minimum atomic E-state index is -0.338.